The first-order valence-corrected chi connectivity index (χ1v) is 10.4. The summed E-state index contributed by atoms with van der Waals surface area (Å²) in [5.41, 5.74) is 1.03. The number of hydrogen-bond acceptors (Lipinski definition) is 6. The zero-order chi connectivity index (χ0) is 19.2. The van der Waals surface area contributed by atoms with Crippen LogP contribution in [0, 0.1) is 11.8 Å². The lowest BCUT2D eigenvalue weighted by molar-refractivity contribution is -0.138. The number of piperidine rings is 1. The predicted molar refractivity (Wildman–Crippen MR) is 107 cm³/mol. The number of nitrogens with zero attached hydrogens (tertiary/aromatic N) is 5. The van der Waals surface area contributed by atoms with Crippen LogP contribution in [0.2, 0.25) is 0 Å². The van der Waals surface area contributed by atoms with Crippen molar-refractivity contribution in [2.75, 3.05) is 18.4 Å². The van der Waals surface area contributed by atoms with Crippen LogP contribution in [-0.2, 0) is 11.2 Å². The SMILES string of the molecule is O=C(C1CCCCC1)N1CCC(Cc2cc(Nc3cnccn3)ncn2)CC1. The maximum absolute atomic E-state index is 12.7. The van der Waals surface area contributed by atoms with Crippen LogP contribution in [0.25, 0.3) is 0 Å². The molecule has 7 heteroatoms. The standard InChI is InChI=1S/C21H28N6O/c28-21(17-4-2-1-3-5-17)27-10-6-16(7-11-27)12-18-13-19(25-15-24-18)26-20-14-22-8-9-23-20/h8-9,13-17H,1-7,10-12H2,(H,23,24,25,26). The van der Waals surface area contributed by atoms with Gasteiger partial charge in [0.1, 0.15) is 18.0 Å². The summed E-state index contributed by atoms with van der Waals surface area (Å²) in [5, 5.41) is 3.16. The summed E-state index contributed by atoms with van der Waals surface area (Å²) in [5.74, 6) is 2.64. The van der Waals surface area contributed by atoms with Crippen molar-refractivity contribution in [3.8, 4) is 0 Å². The van der Waals surface area contributed by atoms with Gasteiger partial charge in [-0.3, -0.25) is 9.78 Å². The number of hydrogen-bond donors (Lipinski definition) is 1. The molecule has 7 nitrogen and oxygen atoms in total. The van der Waals surface area contributed by atoms with Crippen molar-refractivity contribution in [1.29, 1.82) is 0 Å². The molecule has 1 saturated heterocycles. The largest absolute Gasteiger partial charge is 0.342 e. The molecule has 1 aliphatic carbocycles. The van der Waals surface area contributed by atoms with Gasteiger partial charge in [-0.15, -0.1) is 0 Å². The molecule has 2 aromatic rings. The van der Waals surface area contributed by atoms with Crippen molar-refractivity contribution < 1.29 is 4.79 Å². The molecule has 0 atom stereocenters. The van der Waals surface area contributed by atoms with Gasteiger partial charge < -0.3 is 10.2 Å². The van der Waals surface area contributed by atoms with E-state index < -0.39 is 0 Å². The Balaban J connectivity index is 1.29. The highest BCUT2D eigenvalue weighted by Gasteiger charge is 2.29. The van der Waals surface area contributed by atoms with E-state index in [1.807, 2.05) is 6.07 Å². The fourth-order valence-electron chi connectivity index (χ4n) is 4.33. The molecule has 1 amide bonds. The molecule has 0 radical (unpaired) electrons. The Morgan fingerprint density at radius 3 is 2.57 bits per heavy atom. The molecule has 28 heavy (non-hydrogen) atoms. The highest BCUT2D eigenvalue weighted by atomic mass is 16.2. The van der Waals surface area contributed by atoms with Gasteiger partial charge in [0, 0.05) is 43.2 Å². The normalized spacial score (nSPS) is 18.8. The summed E-state index contributed by atoms with van der Waals surface area (Å²) in [4.78, 5) is 31.8. The van der Waals surface area contributed by atoms with Crippen molar-refractivity contribution in [3.05, 3.63) is 36.7 Å². The molecular weight excluding hydrogens is 352 g/mol. The van der Waals surface area contributed by atoms with Crippen molar-refractivity contribution in [3.63, 3.8) is 0 Å². The van der Waals surface area contributed by atoms with Gasteiger partial charge in [0.15, 0.2) is 0 Å². The van der Waals surface area contributed by atoms with E-state index in [1.165, 1.54) is 19.3 Å². The van der Waals surface area contributed by atoms with Crippen molar-refractivity contribution in [1.82, 2.24) is 24.8 Å². The maximum Gasteiger partial charge on any atom is 0.225 e. The minimum Gasteiger partial charge on any atom is -0.342 e. The second-order valence-corrected chi connectivity index (χ2v) is 7.92. The molecular formula is C21H28N6O. The Morgan fingerprint density at radius 2 is 1.82 bits per heavy atom. The minimum atomic E-state index is 0.280. The average Bonchev–Trinajstić information content (AvgIpc) is 2.75. The van der Waals surface area contributed by atoms with E-state index in [9.17, 15) is 4.79 Å². The molecule has 1 saturated carbocycles. The van der Waals surface area contributed by atoms with Crippen molar-refractivity contribution in [2.24, 2.45) is 11.8 Å². The first-order valence-electron chi connectivity index (χ1n) is 10.4. The summed E-state index contributed by atoms with van der Waals surface area (Å²) in [6.45, 7) is 1.77. The zero-order valence-corrected chi connectivity index (χ0v) is 16.3. The van der Waals surface area contributed by atoms with Crippen LogP contribution in [0.15, 0.2) is 31.0 Å². The van der Waals surface area contributed by atoms with Crippen LogP contribution in [0.3, 0.4) is 0 Å². The van der Waals surface area contributed by atoms with Crippen LogP contribution < -0.4 is 5.32 Å². The second-order valence-electron chi connectivity index (χ2n) is 7.92. The van der Waals surface area contributed by atoms with Gasteiger partial charge in [0.05, 0.1) is 6.20 Å². The van der Waals surface area contributed by atoms with E-state index in [1.54, 1.807) is 24.9 Å². The number of carbonyl (C=O) groups excluding carboxylic acids is 1. The van der Waals surface area contributed by atoms with Gasteiger partial charge in [-0.2, -0.15) is 0 Å². The van der Waals surface area contributed by atoms with Crippen molar-refractivity contribution in [2.45, 2.75) is 51.4 Å². The first-order chi connectivity index (χ1) is 13.8. The lowest BCUT2D eigenvalue weighted by Gasteiger charge is -2.35. The third kappa shape index (κ3) is 4.82. The lowest BCUT2D eigenvalue weighted by Crippen LogP contribution is -2.42. The van der Waals surface area contributed by atoms with Gasteiger partial charge in [-0.05, 0) is 38.0 Å². The Kier molecular flexibility index (Phi) is 6.09. The number of carbonyl (C=O) groups is 1. The fraction of sp³-hybridized carbons (Fsp3) is 0.571. The molecule has 0 bridgehead atoms. The molecule has 3 heterocycles. The van der Waals surface area contributed by atoms with E-state index in [4.69, 9.17) is 0 Å². The van der Waals surface area contributed by atoms with Crippen molar-refractivity contribution >= 4 is 17.5 Å². The summed E-state index contributed by atoms with van der Waals surface area (Å²) in [7, 11) is 0. The summed E-state index contributed by atoms with van der Waals surface area (Å²) in [6.07, 6.45) is 15.5. The molecule has 2 aliphatic rings. The topological polar surface area (TPSA) is 83.9 Å². The Bertz CT molecular complexity index is 769. The number of aromatic nitrogens is 4. The van der Waals surface area contributed by atoms with Gasteiger partial charge in [-0.1, -0.05) is 19.3 Å². The quantitative estimate of drug-likeness (QED) is 0.856. The van der Waals surface area contributed by atoms with E-state index in [0.29, 0.717) is 17.6 Å². The van der Waals surface area contributed by atoms with Gasteiger partial charge >= 0.3 is 0 Å². The third-order valence-corrected chi connectivity index (χ3v) is 5.92. The maximum atomic E-state index is 12.7. The number of nitrogens with one attached hydrogen (secondary N) is 1. The third-order valence-electron chi connectivity index (χ3n) is 5.92. The highest BCUT2D eigenvalue weighted by Crippen LogP contribution is 2.28. The lowest BCUT2D eigenvalue weighted by atomic mass is 9.86. The van der Waals surface area contributed by atoms with Crippen LogP contribution in [0.4, 0.5) is 11.6 Å². The van der Waals surface area contributed by atoms with Crippen LogP contribution in [0.1, 0.15) is 50.6 Å². The molecule has 1 aliphatic heterocycles. The number of likely N-dealkylation sites (tertiary alicyclic amines) is 1. The number of rotatable bonds is 5. The molecule has 0 spiro atoms. The molecule has 0 unspecified atom stereocenters. The summed E-state index contributed by atoms with van der Waals surface area (Å²) in [6, 6.07) is 1.98. The Labute approximate surface area is 166 Å². The molecule has 2 aromatic heterocycles. The van der Waals surface area contributed by atoms with E-state index >= 15 is 0 Å². The number of amides is 1. The van der Waals surface area contributed by atoms with Gasteiger partial charge in [0.2, 0.25) is 5.91 Å². The highest BCUT2D eigenvalue weighted by molar-refractivity contribution is 5.79. The van der Waals surface area contributed by atoms with Crippen LogP contribution >= 0.6 is 0 Å². The van der Waals surface area contributed by atoms with Gasteiger partial charge in [-0.25, -0.2) is 15.0 Å². The molecule has 4 rings (SSSR count). The monoisotopic (exact) mass is 380 g/mol. The second kappa shape index (κ2) is 9.08. The zero-order valence-electron chi connectivity index (χ0n) is 16.3. The molecule has 2 fully saturated rings. The summed E-state index contributed by atoms with van der Waals surface area (Å²) < 4.78 is 0. The van der Waals surface area contributed by atoms with E-state index in [-0.39, 0.29) is 5.92 Å². The minimum absolute atomic E-state index is 0.280. The van der Waals surface area contributed by atoms with E-state index in [2.05, 4.69) is 30.2 Å². The van der Waals surface area contributed by atoms with Crippen LogP contribution in [0.5, 0.6) is 0 Å². The van der Waals surface area contributed by atoms with Gasteiger partial charge in [0.25, 0.3) is 0 Å². The predicted octanol–water partition coefficient (Wildman–Crippen LogP) is 3.37. The Morgan fingerprint density at radius 1 is 1.00 bits per heavy atom. The number of anilines is 2. The molecule has 148 valence electrons. The smallest absolute Gasteiger partial charge is 0.225 e. The Hall–Kier alpha value is -2.57. The van der Waals surface area contributed by atoms with E-state index in [0.717, 1.165) is 56.7 Å². The van der Waals surface area contributed by atoms with Crippen LogP contribution in [-0.4, -0.2) is 43.8 Å². The molecule has 1 N–H and O–H groups in total. The first kappa shape index (κ1) is 18.8. The summed E-state index contributed by atoms with van der Waals surface area (Å²) >= 11 is 0. The average molecular weight is 380 g/mol. The molecule has 0 aromatic carbocycles. The fourth-order valence-corrected chi connectivity index (χ4v) is 4.33.